The van der Waals surface area contributed by atoms with Crippen molar-refractivity contribution in [2.75, 3.05) is 10.6 Å². The van der Waals surface area contributed by atoms with Crippen molar-refractivity contribution < 1.29 is 31.3 Å². The van der Waals surface area contributed by atoms with Gasteiger partial charge in [-0.15, -0.1) is 0 Å². The second-order valence-corrected chi connectivity index (χ2v) is 8.62. The average Bonchev–Trinajstić information content (AvgIpc) is 3.31. The fourth-order valence-corrected chi connectivity index (χ4v) is 3.76. The number of hydrogen-bond acceptors (Lipinski definition) is 6. The van der Waals surface area contributed by atoms with Crippen LogP contribution in [0.5, 0.6) is 0 Å². The van der Waals surface area contributed by atoms with E-state index in [1.807, 2.05) is 36.4 Å². The van der Waals surface area contributed by atoms with E-state index in [1.165, 1.54) is 6.20 Å². The summed E-state index contributed by atoms with van der Waals surface area (Å²) in [6, 6.07) is 15.4. The van der Waals surface area contributed by atoms with E-state index >= 15 is 0 Å². The molecule has 1 amide bonds. The Morgan fingerprint density at radius 1 is 1.00 bits per heavy atom. The van der Waals surface area contributed by atoms with E-state index in [0.29, 0.717) is 11.7 Å². The fraction of sp³-hybridized carbons (Fsp3) is 0.200. The number of aryl methyl sites for hydroxylation is 1. The van der Waals surface area contributed by atoms with Gasteiger partial charge in [0.15, 0.2) is 5.82 Å². The molecular formula is C25H19ClF5N5O2. The van der Waals surface area contributed by atoms with Crippen LogP contribution >= 0.6 is 11.6 Å². The molecule has 0 aliphatic heterocycles. The van der Waals surface area contributed by atoms with E-state index in [-0.39, 0.29) is 10.8 Å². The summed E-state index contributed by atoms with van der Waals surface area (Å²) in [4.78, 5) is 20.0. The Morgan fingerprint density at radius 3 is 2.26 bits per heavy atom. The molecule has 0 radical (unpaired) electrons. The predicted molar refractivity (Wildman–Crippen MR) is 131 cm³/mol. The van der Waals surface area contributed by atoms with Crippen LogP contribution in [0.3, 0.4) is 0 Å². The van der Waals surface area contributed by atoms with Crippen LogP contribution in [0.15, 0.2) is 65.3 Å². The summed E-state index contributed by atoms with van der Waals surface area (Å²) in [7, 11) is 0. The van der Waals surface area contributed by atoms with Gasteiger partial charge < -0.3 is 15.2 Å². The Bertz CT molecular complexity index is 1460. The molecule has 4 rings (SSSR count). The first-order chi connectivity index (χ1) is 17.9. The molecule has 38 heavy (non-hydrogen) atoms. The van der Waals surface area contributed by atoms with E-state index < -0.39 is 29.7 Å². The number of amides is 1. The number of nitrogens with one attached hydrogen (secondary N) is 2. The van der Waals surface area contributed by atoms with Gasteiger partial charge >= 0.3 is 18.0 Å². The zero-order valence-corrected chi connectivity index (χ0v) is 20.5. The van der Waals surface area contributed by atoms with Gasteiger partial charge in [0.2, 0.25) is 11.7 Å². The lowest BCUT2D eigenvalue weighted by atomic mass is 9.97. The zero-order valence-electron chi connectivity index (χ0n) is 19.8. The fourth-order valence-electron chi connectivity index (χ4n) is 3.57. The van der Waals surface area contributed by atoms with Crippen LogP contribution in [0.1, 0.15) is 24.4 Å². The van der Waals surface area contributed by atoms with Crippen LogP contribution in [0, 0.1) is 6.92 Å². The third kappa shape index (κ3) is 5.44. The smallest absolute Gasteiger partial charge is 0.362 e. The number of anilines is 2. The lowest BCUT2D eigenvalue weighted by Gasteiger charge is -2.22. The van der Waals surface area contributed by atoms with Crippen molar-refractivity contribution in [2.45, 2.75) is 32.0 Å². The Kier molecular flexibility index (Phi) is 7.36. The summed E-state index contributed by atoms with van der Waals surface area (Å²) in [6.45, 7) is 3.40. The number of pyridine rings is 1. The van der Waals surface area contributed by atoms with Crippen molar-refractivity contribution in [2.24, 2.45) is 0 Å². The normalized spacial score (nSPS) is 12.7. The number of benzene rings is 2. The molecule has 2 heterocycles. The standard InChI is InChI=1S/C25H19ClF5N5O2/c1-13(33-22-20(19(26)11-12-32-22)35-23(37)24(27,28)25(29,30)31)15-7-9-16(10-8-15)17-5-3-4-6-18(17)21-34-14(2)38-36-21/h3-13H,1-2H3,(H,32,33)(H,35,37). The zero-order chi connectivity index (χ0) is 27.7. The molecule has 0 fully saturated rings. The molecule has 0 aliphatic carbocycles. The molecule has 0 spiro atoms. The van der Waals surface area contributed by atoms with Crippen molar-refractivity contribution in [1.82, 2.24) is 15.1 Å². The molecule has 0 aliphatic rings. The van der Waals surface area contributed by atoms with Gasteiger partial charge in [-0.1, -0.05) is 65.3 Å². The summed E-state index contributed by atoms with van der Waals surface area (Å²) in [6.07, 6.45) is -4.86. The van der Waals surface area contributed by atoms with E-state index in [4.69, 9.17) is 16.1 Å². The molecule has 2 N–H and O–H groups in total. The Balaban J connectivity index is 1.56. The summed E-state index contributed by atoms with van der Waals surface area (Å²) < 4.78 is 69.9. The van der Waals surface area contributed by atoms with Gasteiger partial charge in [-0.05, 0) is 29.7 Å². The number of halogens is 6. The SMILES string of the molecule is Cc1nc(-c2ccccc2-c2ccc(C(C)Nc3nccc(Cl)c3NC(=O)C(F)(F)C(F)(F)F)cc2)no1. The lowest BCUT2D eigenvalue weighted by Crippen LogP contribution is -2.47. The molecule has 2 aromatic heterocycles. The van der Waals surface area contributed by atoms with Gasteiger partial charge in [0.25, 0.3) is 0 Å². The molecule has 0 saturated heterocycles. The first-order valence-electron chi connectivity index (χ1n) is 11.1. The minimum absolute atomic E-state index is 0.182. The summed E-state index contributed by atoms with van der Waals surface area (Å²) in [5, 5.41) is 8.15. The highest BCUT2D eigenvalue weighted by molar-refractivity contribution is 6.34. The Morgan fingerprint density at radius 2 is 1.66 bits per heavy atom. The third-order valence-corrected chi connectivity index (χ3v) is 5.87. The van der Waals surface area contributed by atoms with Crippen LogP contribution < -0.4 is 10.6 Å². The molecule has 1 unspecified atom stereocenters. The van der Waals surface area contributed by atoms with Gasteiger partial charge in [-0.25, -0.2) is 4.98 Å². The first kappa shape index (κ1) is 27.0. The maximum atomic E-state index is 13.5. The Hall–Kier alpha value is -4.06. The molecule has 2 aromatic carbocycles. The van der Waals surface area contributed by atoms with Crippen LogP contribution in [0.25, 0.3) is 22.5 Å². The van der Waals surface area contributed by atoms with Crippen molar-refractivity contribution in [3.63, 3.8) is 0 Å². The second-order valence-electron chi connectivity index (χ2n) is 8.21. The van der Waals surface area contributed by atoms with Crippen molar-refractivity contribution in [3.05, 3.63) is 77.3 Å². The van der Waals surface area contributed by atoms with Gasteiger partial charge in [-0.3, -0.25) is 4.79 Å². The second kappa shape index (κ2) is 10.4. The minimum Gasteiger partial charge on any atom is -0.362 e. The highest BCUT2D eigenvalue weighted by Gasteiger charge is 2.63. The topological polar surface area (TPSA) is 92.9 Å². The third-order valence-electron chi connectivity index (χ3n) is 5.55. The van der Waals surface area contributed by atoms with E-state index in [1.54, 1.807) is 31.3 Å². The van der Waals surface area contributed by atoms with Crippen molar-refractivity contribution in [1.29, 1.82) is 0 Å². The van der Waals surface area contributed by atoms with Gasteiger partial charge in [0.05, 0.1) is 11.1 Å². The largest absolute Gasteiger partial charge is 0.463 e. The summed E-state index contributed by atoms with van der Waals surface area (Å²) >= 11 is 5.98. The number of nitrogens with zero attached hydrogens (tertiary/aromatic N) is 3. The van der Waals surface area contributed by atoms with Crippen molar-refractivity contribution in [3.8, 4) is 22.5 Å². The van der Waals surface area contributed by atoms with E-state index in [9.17, 15) is 26.7 Å². The Labute approximate surface area is 218 Å². The molecule has 0 saturated carbocycles. The number of hydrogen-bond donors (Lipinski definition) is 2. The van der Waals surface area contributed by atoms with Crippen LogP contribution in [-0.2, 0) is 4.79 Å². The van der Waals surface area contributed by atoms with E-state index in [0.717, 1.165) is 28.3 Å². The number of alkyl halides is 5. The van der Waals surface area contributed by atoms with Crippen LogP contribution in [-0.4, -0.2) is 33.1 Å². The number of carbonyl (C=O) groups is 1. The average molecular weight is 552 g/mol. The summed E-state index contributed by atoms with van der Waals surface area (Å²) in [5.74, 6) is -7.51. The highest BCUT2D eigenvalue weighted by Crippen LogP contribution is 2.38. The minimum atomic E-state index is -6.07. The first-order valence-corrected chi connectivity index (χ1v) is 11.4. The highest BCUT2D eigenvalue weighted by atomic mass is 35.5. The molecule has 198 valence electrons. The summed E-state index contributed by atoms with van der Waals surface area (Å²) in [5.41, 5.74) is 2.69. The molecule has 4 aromatic rings. The van der Waals surface area contributed by atoms with Gasteiger partial charge in [-0.2, -0.15) is 26.9 Å². The monoisotopic (exact) mass is 551 g/mol. The number of rotatable bonds is 7. The predicted octanol–water partition coefficient (Wildman–Crippen LogP) is 7.07. The number of aromatic nitrogens is 3. The van der Waals surface area contributed by atoms with Crippen molar-refractivity contribution >= 4 is 29.0 Å². The quantitative estimate of drug-likeness (QED) is 0.239. The molecule has 1 atom stereocenters. The lowest BCUT2D eigenvalue weighted by molar-refractivity contribution is -0.267. The molecule has 7 nitrogen and oxygen atoms in total. The molecular weight excluding hydrogens is 533 g/mol. The van der Waals surface area contributed by atoms with E-state index in [2.05, 4.69) is 20.4 Å². The maximum Gasteiger partial charge on any atom is 0.463 e. The maximum absolute atomic E-state index is 13.5. The number of carbonyl (C=O) groups excluding carboxylic acids is 1. The van der Waals surface area contributed by atoms with Gasteiger partial charge in [0.1, 0.15) is 5.69 Å². The van der Waals surface area contributed by atoms with Gasteiger partial charge in [0, 0.05) is 18.7 Å². The molecule has 13 heteroatoms. The molecule has 0 bridgehead atoms. The van der Waals surface area contributed by atoms with Crippen LogP contribution in [0.4, 0.5) is 33.5 Å². The van der Waals surface area contributed by atoms with Crippen LogP contribution in [0.2, 0.25) is 5.02 Å².